The summed E-state index contributed by atoms with van der Waals surface area (Å²) in [6.45, 7) is 11.2. The highest BCUT2D eigenvalue weighted by Gasteiger charge is 2.29. The zero-order valence-electron chi connectivity index (χ0n) is 22.7. The van der Waals surface area contributed by atoms with Crippen LogP contribution in [0.15, 0.2) is 53.3 Å². The SMILES string of the molecule is CCn1c(=O)cc(C2CCN(C(=O)OC(C)(C)C)CC2)c2cc(C(=O)N(C)c3ccc(C)cc3)ccc21. The molecule has 1 aliphatic heterocycles. The van der Waals surface area contributed by atoms with E-state index in [1.807, 2.05) is 71.0 Å². The number of pyridine rings is 1. The zero-order chi connectivity index (χ0) is 26.9. The average molecular weight is 504 g/mol. The van der Waals surface area contributed by atoms with Crippen molar-refractivity contribution in [3.8, 4) is 0 Å². The van der Waals surface area contributed by atoms with Gasteiger partial charge in [0, 0.05) is 49.4 Å². The van der Waals surface area contributed by atoms with E-state index in [1.165, 1.54) is 0 Å². The summed E-state index contributed by atoms with van der Waals surface area (Å²) in [5.41, 5.74) is 3.72. The van der Waals surface area contributed by atoms with Gasteiger partial charge in [0.1, 0.15) is 5.60 Å². The first-order chi connectivity index (χ1) is 17.5. The van der Waals surface area contributed by atoms with Crippen molar-refractivity contribution in [2.75, 3.05) is 25.0 Å². The maximum Gasteiger partial charge on any atom is 0.410 e. The van der Waals surface area contributed by atoms with Gasteiger partial charge in [-0.2, -0.15) is 0 Å². The Morgan fingerprint density at radius 1 is 1.03 bits per heavy atom. The Hall–Kier alpha value is -3.61. The average Bonchev–Trinajstić information content (AvgIpc) is 2.86. The van der Waals surface area contributed by atoms with Crippen LogP contribution in [-0.4, -0.2) is 47.2 Å². The monoisotopic (exact) mass is 503 g/mol. The van der Waals surface area contributed by atoms with Crippen molar-refractivity contribution in [2.24, 2.45) is 0 Å². The number of benzene rings is 2. The summed E-state index contributed by atoms with van der Waals surface area (Å²) in [7, 11) is 1.78. The van der Waals surface area contributed by atoms with Gasteiger partial charge in [-0.1, -0.05) is 17.7 Å². The van der Waals surface area contributed by atoms with Gasteiger partial charge in [0.25, 0.3) is 11.5 Å². The lowest BCUT2D eigenvalue weighted by molar-refractivity contribution is 0.0205. The van der Waals surface area contributed by atoms with Crippen LogP contribution >= 0.6 is 0 Å². The van der Waals surface area contributed by atoms with E-state index < -0.39 is 5.60 Å². The lowest BCUT2D eigenvalue weighted by Crippen LogP contribution is -2.41. The first-order valence-electron chi connectivity index (χ1n) is 13.0. The van der Waals surface area contributed by atoms with Gasteiger partial charge in [-0.3, -0.25) is 9.59 Å². The van der Waals surface area contributed by atoms with E-state index in [9.17, 15) is 14.4 Å². The highest BCUT2D eigenvalue weighted by atomic mass is 16.6. The van der Waals surface area contributed by atoms with Gasteiger partial charge >= 0.3 is 6.09 Å². The second-order valence-electron chi connectivity index (χ2n) is 10.9. The summed E-state index contributed by atoms with van der Waals surface area (Å²) in [6.07, 6.45) is 1.15. The molecule has 0 aliphatic carbocycles. The third-order valence-corrected chi connectivity index (χ3v) is 7.02. The molecule has 2 heterocycles. The third kappa shape index (κ3) is 5.71. The summed E-state index contributed by atoms with van der Waals surface area (Å²) in [5, 5.41) is 0.917. The number of nitrogens with zero attached hydrogens (tertiary/aromatic N) is 3. The fraction of sp³-hybridized carbons (Fsp3) is 0.433. The minimum Gasteiger partial charge on any atom is -0.444 e. The molecule has 2 aromatic carbocycles. The molecular weight excluding hydrogens is 466 g/mol. The first kappa shape index (κ1) is 26.5. The van der Waals surface area contributed by atoms with Crippen LogP contribution in [0.25, 0.3) is 10.9 Å². The molecule has 1 aliphatic rings. The number of fused-ring (bicyclic) bond motifs is 1. The topological polar surface area (TPSA) is 71.9 Å². The van der Waals surface area contributed by atoms with Crippen molar-refractivity contribution in [3.63, 3.8) is 0 Å². The van der Waals surface area contributed by atoms with Crippen molar-refractivity contribution in [3.05, 3.63) is 75.6 Å². The number of rotatable bonds is 4. The lowest BCUT2D eigenvalue weighted by atomic mass is 9.87. The first-order valence-corrected chi connectivity index (χ1v) is 13.0. The third-order valence-electron chi connectivity index (χ3n) is 7.02. The van der Waals surface area contributed by atoms with Crippen molar-refractivity contribution >= 4 is 28.6 Å². The van der Waals surface area contributed by atoms with Crippen LogP contribution in [-0.2, 0) is 11.3 Å². The van der Waals surface area contributed by atoms with Gasteiger partial charge in [0.2, 0.25) is 0 Å². The zero-order valence-corrected chi connectivity index (χ0v) is 22.7. The number of likely N-dealkylation sites (tertiary alicyclic amines) is 1. The summed E-state index contributed by atoms with van der Waals surface area (Å²) in [4.78, 5) is 42.3. The van der Waals surface area contributed by atoms with Gasteiger partial charge in [-0.25, -0.2) is 4.79 Å². The molecule has 4 rings (SSSR count). The molecule has 37 heavy (non-hydrogen) atoms. The van der Waals surface area contributed by atoms with Crippen LogP contribution in [0.5, 0.6) is 0 Å². The molecule has 0 spiro atoms. The molecule has 0 bridgehead atoms. The molecule has 0 radical (unpaired) electrons. The van der Waals surface area contributed by atoms with Crippen LogP contribution in [0.1, 0.15) is 67.9 Å². The Labute approximate surface area is 218 Å². The Morgan fingerprint density at radius 2 is 1.68 bits per heavy atom. The maximum absolute atomic E-state index is 13.4. The lowest BCUT2D eigenvalue weighted by Gasteiger charge is -2.34. The van der Waals surface area contributed by atoms with Crippen LogP contribution in [0.2, 0.25) is 0 Å². The fourth-order valence-corrected chi connectivity index (χ4v) is 4.99. The summed E-state index contributed by atoms with van der Waals surface area (Å²) < 4.78 is 7.28. The number of ether oxygens (including phenoxy) is 1. The van der Waals surface area contributed by atoms with Crippen molar-refractivity contribution in [2.45, 2.75) is 65.5 Å². The highest BCUT2D eigenvalue weighted by molar-refractivity contribution is 6.07. The van der Waals surface area contributed by atoms with E-state index in [1.54, 1.807) is 33.5 Å². The summed E-state index contributed by atoms with van der Waals surface area (Å²) in [5.74, 6) is 0.00581. The summed E-state index contributed by atoms with van der Waals surface area (Å²) >= 11 is 0. The number of amides is 2. The van der Waals surface area contributed by atoms with E-state index in [0.29, 0.717) is 25.2 Å². The minimum absolute atomic E-state index is 0.0459. The number of piperidine rings is 1. The number of carbonyl (C=O) groups excluding carboxylic acids is 2. The Bertz CT molecular complexity index is 1360. The molecule has 0 atom stereocenters. The minimum atomic E-state index is -0.538. The van der Waals surface area contributed by atoms with Gasteiger partial charge < -0.3 is 19.1 Å². The Morgan fingerprint density at radius 3 is 2.27 bits per heavy atom. The second kappa shape index (κ2) is 10.4. The predicted octanol–water partition coefficient (Wildman–Crippen LogP) is 5.72. The van der Waals surface area contributed by atoms with Crippen LogP contribution in [0.3, 0.4) is 0 Å². The molecule has 7 nitrogen and oxygen atoms in total. The standard InChI is InChI=1S/C30H37N3O4/c1-7-33-26-13-10-22(28(35)31(6)23-11-8-20(2)9-12-23)18-25(26)24(19-27(33)34)21-14-16-32(17-15-21)29(36)37-30(3,4)5/h8-13,18-19,21H,7,14-17H2,1-6H3. The number of aromatic nitrogens is 1. The van der Waals surface area contributed by atoms with E-state index in [2.05, 4.69) is 0 Å². The van der Waals surface area contributed by atoms with Gasteiger partial charge in [-0.05, 0) is 89.3 Å². The largest absolute Gasteiger partial charge is 0.444 e. The molecule has 1 aromatic heterocycles. The smallest absolute Gasteiger partial charge is 0.410 e. The number of carbonyl (C=O) groups is 2. The molecule has 0 unspecified atom stereocenters. The van der Waals surface area contributed by atoms with Gasteiger partial charge in [0.15, 0.2) is 0 Å². The molecule has 3 aromatic rings. The van der Waals surface area contributed by atoms with E-state index in [4.69, 9.17) is 4.74 Å². The molecule has 1 fully saturated rings. The molecule has 196 valence electrons. The van der Waals surface area contributed by atoms with E-state index in [-0.39, 0.29) is 23.5 Å². The van der Waals surface area contributed by atoms with Gasteiger partial charge in [0.05, 0.1) is 5.52 Å². The van der Waals surface area contributed by atoms with Crippen molar-refractivity contribution in [1.29, 1.82) is 0 Å². The second-order valence-corrected chi connectivity index (χ2v) is 10.9. The number of hydrogen-bond acceptors (Lipinski definition) is 4. The van der Waals surface area contributed by atoms with Crippen LogP contribution < -0.4 is 10.5 Å². The van der Waals surface area contributed by atoms with Crippen molar-refractivity contribution in [1.82, 2.24) is 9.47 Å². The normalized spacial score (nSPS) is 14.6. The van der Waals surface area contributed by atoms with Crippen LogP contribution in [0, 0.1) is 6.92 Å². The van der Waals surface area contributed by atoms with Gasteiger partial charge in [-0.15, -0.1) is 0 Å². The maximum atomic E-state index is 13.4. The van der Waals surface area contributed by atoms with E-state index >= 15 is 0 Å². The number of anilines is 1. The molecule has 7 heteroatoms. The molecule has 2 amide bonds. The number of hydrogen-bond donors (Lipinski definition) is 0. The molecule has 0 N–H and O–H groups in total. The van der Waals surface area contributed by atoms with Crippen molar-refractivity contribution < 1.29 is 14.3 Å². The van der Waals surface area contributed by atoms with E-state index in [0.717, 1.165) is 40.6 Å². The predicted molar refractivity (Wildman–Crippen MR) is 148 cm³/mol. The molecule has 0 saturated carbocycles. The summed E-state index contributed by atoms with van der Waals surface area (Å²) in [6, 6.07) is 15.2. The highest BCUT2D eigenvalue weighted by Crippen LogP contribution is 2.33. The van der Waals surface area contributed by atoms with Crippen LogP contribution in [0.4, 0.5) is 10.5 Å². The molecule has 1 saturated heterocycles. The Balaban J connectivity index is 1.66. The molecular formula is C30H37N3O4. The number of aryl methyl sites for hydroxylation is 2. The Kier molecular flexibility index (Phi) is 7.44. The quantitative estimate of drug-likeness (QED) is 0.456. The fourth-order valence-electron chi connectivity index (χ4n) is 4.99.